The van der Waals surface area contributed by atoms with E-state index in [1.165, 1.54) is 30.3 Å². The van der Waals surface area contributed by atoms with Gasteiger partial charge in [-0.1, -0.05) is 12.1 Å². The van der Waals surface area contributed by atoms with Crippen molar-refractivity contribution in [2.75, 3.05) is 30.8 Å². The normalized spacial score (nSPS) is 18.2. The lowest BCUT2D eigenvalue weighted by Gasteiger charge is -2.43. The lowest BCUT2D eigenvalue weighted by atomic mass is 9.82. The summed E-state index contributed by atoms with van der Waals surface area (Å²) in [5.74, 6) is 0.185. The Bertz CT molecular complexity index is 1340. The molecule has 0 radical (unpaired) electrons. The molecule has 2 bridgehead atoms. The molecule has 3 heterocycles. The standard InChI is InChI=1S/C27H27FN4O4/c1-36-22-8-2-17(3-9-22)13-24(33)30-23-10-11-25(34)32-15-18-12-19(26(23)32)16-31(14-18)27(35)29-21-6-4-20(28)5-7-21/h2-11,18-19H,12-16H2,1H3,(H,29,35)(H,30,33)/t18-,19+/m0/s1. The number of halogens is 1. The van der Waals surface area contributed by atoms with Crippen LogP contribution >= 0.6 is 0 Å². The third-order valence-corrected chi connectivity index (χ3v) is 6.77. The van der Waals surface area contributed by atoms with Gasteiger partial charge in [0.05, 0.1) is 19.2 Å². The summed E-state index contributed by atoms with van der Waals surface area (Å²) < 4.78 is 20.1. The molecule has 2 N–H and O–H groups in total. The first-order chi connectivity index (χ1) is 17.4. The van der Waals surface area contributed by atoms with E-state index >= 15 is 0 Å². The lowest BCUT2D eigenvalue weighted by Crippen LogP contribution is -2.50. The maximum atomic E-state index is 13.2. The predicted molar refractivity (Wildman–Crippen MR) is 134 cm³/mol. The summed E-state index contributed by atoms with van der Waals surface area (Å²) in [6, 6.07) is 15.8. The average Bonchev–Trinajstić information content (AvgIpc) is 2.87. The highest BCUT2D eigenvalue weighted by atomic mass is 19.1. The van der Waals surface area contributed by atoms with Gasteiger partial charge in [-0.2, -0.15) is 0 Å². The molecule has 9 heteroatoms. The summed E-state index contributed by atoms with van der Waals surface area (Å²) in [6.45, 7) is 1.41. The number of methoxy groups -OCH3 is 1. The highest BCUT2D eigenvalue weighted by Crippen LogP contribution is 2.38. The first-order valence-electron chi connectivity index (χ1n) is 11.9. The van der Waals surface area contributed by atoms with Crippen LogP contribution < -0.4 is 20.9 Å². The number of benzene rings is 2. The number of aromatic nitrogens is 1. The Labute approximate surface area is 207 Å². The van der Waals surface area contributed by atoms with E-state index in [1.54, 1.807) is 34.8 Å². The Morgan fingerprint density at radius 2 is 1.72 bits per heavy atom. The van der Waals surface area contributed by atoms with E-state index in [0.717, 1.165) is 23.4 Å². The number of hydrogen-bond acceptors (Lipinski definition) is 4. The van der Waals surface area contributed by atoms with Crippen molar-refractivity contribution in [1.82, 2.24) is 9.47 Å². The fourth-order valence-electron chi connectivity index (χ4n) is 5.15. The molecule has 36 heavy (non-hydrogen) atoms. The van der Waals surface area contributed by atoms with Gasteiger partial charge in [-0.25, -0.2) is 9.18 Å². The van der Waals surface area contributed by atoms with Crippen LogP contribution in [-0.2, 0) is 17.8 Å². The number of likely N-dealkylation sites (tertiary alicyclic amines) is 1. The smallest absolute Gasteiger partial charge is 0.321 e. The van der Waals surface area contributed by atoms with E-state index in [1.807, 2.05) is 12.1 Å². The number of carbonyl (C=O) groups excluding carboxylic acids is 2. The fourth-order valence-corrected chi connectivity index (χ4v) is 5.15. The number of nitrogens with zero attached hydrogens (tertiary/aromatic N) is 2. The first-order valence-corrected chi connectivity index (χ1v) is 11.9. The van der Waals surface area contributed by atoms with Crippen molar-refractivity contribution >= 4 is 23.3 Å². The number of amides is 3. The number of urea groups is 1. The third-order valence-electron chi connectivity index (χ3n) is 6.77. The van der Waals surface area contributed by atoms with Crippen LogP contribution in [0.3, 0.4) is 0 Å². The number of nitrogens with one attached hydrogen (secondary N) is 2. The molecule has 0 unspecified atom stereocenters. The van der Waals surface area contributed by atoms with Crippen LogP contribution in [0.25, 0.3) is 0 Å². The largest absolute Gasteiger partial charge is 0.497 e. The number of pyridine rings is 1. The first kappa shape index (κ1) is 23.6. The maximum Gasteiger partial charge on any atom is 0.321 e. The van der Waals surface area contributed by atoms with Crippen LogP contribution in [0.1, 0.15) is 23.6 Å². The average molecular weight is 491 g/mol. The molecule has 2 atom stereocenters. The second-order valence-corrected chi connectivity index (χ2v) is 9.29. The summed E-state index contributed by atoms with van der Waals surface area (Å²) in [5.41, 5.74) is 2.59. The van der Waals surface area contributed by atoms with Crippen molar-refractivity contribution in [2.45, 2.75) is 25.3 Å². The zero-order chi connectivity index (χ0) is 25.2. The SMILES string of the molecule is COc1ccc(CC(=O)Nc2ccc(=O)n3c2[C@@H]2C[C@@H](CN(C(=O)Nc4ccc(F)cc4)C2)C3)cc1. The molecule has 0 spiro atoms. The van der Waals surface area contributed by atoms with Crippen molar-refractivity contribution in [1.29, 1.82) is 0 Å². The van der Waals surface area contributed by atoms with Gasteiger partial charge in [0, 0.05) is 43.0 Å². The number of anilines is 2. The molecule has 5 rings (SSSR count). The number of hydrogen-bond donors (Lipinski definition) is 2. The molecule has 0 aliphatic carbocycles. The van der Waals surface area contributed by atoms with E-state index < -0.39 is 0 Å². The van der Waals surface area contributed by atoms with Crippen LogP contribution in [0.4, 0.5) is 20.6 Å². The van der Waals surface area contributed by atoms with E-state index in [2.05, 4.69) is 10.6 Å². The second kappa shape index (κ2) is 9.85. The minimum Gasteiger partial charge on any atom is -0.497 e. The summed E-state index contributed by atoms with van der Waals surface area (Å²) in [5, 5.41) is 5.80. The van der Waals surface area contributed by atoms with Crippen molar-refractivity contribution in [3.63, 3.8) is 0 Å². The minimum atomic E-state index is -0.371. The van der Waals surface area contributed by atoms with Gasteiger partial charge in [0.2, 0.25) is 5.91 Å². The summed E-state index contributed by atoms with van der Waals surface area (Å²) >= 11 is 0. The number of carbonyl (C=O) groups is 2. The highest BCUT2D eigenvalue weighted by Gasteiger charge is 2.38. The zero-order valence-electron chi connectivity index (χ0n) is 19.9. The number of rotatable bonds is 5. The zero-order valence-corrected chi connectivity index (χ0v) is 19.9. The van der Waals surface area contributed by atoms with Crippen molar-refractivity contribution in [3.8, 4) is 5.75 Å². The number of piperidine rings is 1. The van der Waals surface area contributed by atoms with Gasteiger partial charge in [-0.3, -0.25) is 9.59 Å². The van der Waals surface area contributed by atoms with Gasteiger partial charge in [-0.05, 0) is 60.4 Å². The van der Waals surface area contributed by atoms with Gasteiger partial charge in [-0.15, -0.1) is 0 Å². The summed E-state index contributed by atoms with van der Waals surface area (Å²) in [4.78, 5) is 40.2. The Morgan fingerprint density at radius 1 is 0.972 bits per heavy atom. The number of fused-ring (bicyclic) bond motifs is 4. The minimum absolute atomic E-state index is 0.0957. The quantitative estimate of drug-likeness (QED) is 0.569. The van der Waals surface area contributed by atoms with Crippen LogP contribution in [0.5, 0.6) is 5.75 Å². The molecule has 3 aromatic rings. The second-order valence-electron chi connectivity index (χ2n) is 9.29. The van der Waals surface area contributed by atoms with Gasteiger partial charge in [0.25, 0.3) is 5.56 Å². The van der Waals surface area contributed by atoms with E-state index in [4.69, 9.17) is 4.74 Å². The van der Waals surface area contributed by atoms with E-state index in [9.17, 15) is 18.8 Å². The predicted octanol–water partition coefficient (Wildman–Crippen LogP) is 3.83. The monoisotopic (exact) mass is 490 g/mol. The highest BCUT2D eigenvalue weighted by molar-refractivity contribution is 5.93. The molecule has 8 nitrogen and oxygen atoms in total. The Hall–Kier alpha value is -4.14. The Kier molecular flexibility index (Phi) is 6.45. The Balaban J connectivity index is 1.33. The molecule has 0 saturated carbocycles. The van der Waals surface area contributed by atoms with E-state index in [0.29, 0.717) is 31.0 Å². The van der Waals surface area contributed by atoms with Crippen LogP contribution in [0, 0.1) is 11.7 Å². The van der Waals surface area contributed by atoms with Crippen LogP contribution in [-0.4, -0.2) is 41.6 Å². The van der Waals surface area contributed by atoms with Crippen LogP contribution in [0.15, 0.2) is 65.5 Å². The molecule has 186 valence electrons. The topological polar surface area (TPSA) is 92.7 Å². The molecule has 2 aliphatic heterocycles. The molecular formula is C27H27FN4O4. The molecule has 2 aromatic carbocycles. The summed E-state index contributed by atoms with van der Waals surface area (Å²) in [7, 11) is 1.59. The van der Waals surface area contributed by atoms with Gasteiger partial charge in [0.15, 0.2) is 0 Å². The molecular weight excluding hydrogens is 463 g/mol. The van der Waals surface area contributed by atoms with Crippen molar-refractivity contribution < 1.29 is 18.7 Å². The van der Waals surface area contributed by atoms with Crippen molar-refractivity contribution in [2.24, 2.45) is 5.92 Å². The molecule has 2 aliphatic rings. The molecule has 1 aromatic heterocycles. The molecule has 3 amide bonds. The Morgan fingerprint density at radius 3 is 2.44 bits per heavy atom. The lowest BCUT2D eigenvalue weighted by molar-refractivity contribution is -0.115. The fraction of sp³-hybridized carbons (Fsp3) is 0.296. The van der Waals surface area contributed by atoms with Crippen LogP contribution in [0.2, 0.25) is 0 Å². The van der Waals surface area contributed by atoms with Gasteiger partial charge in [0.1, 0.15) is 11.6 Å². The van der Waals surface area contributed by atoms with Gasteiger partial charge >= 0.3 is 6.03 Å². The number of ether oxygens (including phenoxy) is 1. The van der Waals surface area contributed by atoms with Gasteiger partial charge < -0.3 is 24.8 Å². The maximum absolute atomic E-state index is 13.2. The molecule has 1 saturated heterocycles. The third kappa shape index (κ3) is 4.95. The van der Waals surface area contributed by atoms with E-state index in [-0.39, 0.29) is 41.6 Å². The molecule has 1 fully saturated rings. The van der Waals surface area contributed by atoms with Crippen molar-refractivity contribution in [3.05, 3.63) is 88.1 Å². The summed E-state index contributed by atoms with van der Waals surface area (Å²) in [6.07, 6.45) is 1.01.